The van der Waals surface area contributed by atoms with Crippen LogP contribution in [0.15, 0.2) is 29.1 Å². The normalized spacial score (nSPS) is 11.6. The van der Waals surface area contributed by atoms with Crippen molar-refractivity contribution in [3.8, 4) is 0 Å². The number of aromatic carboxylic acids is 1. The quantitative estimate of drug-likeness (QED) is 0.668. The van der Waals surface area contributed by atoms with Gasteiger partial charge in [0.2, 0.25) is 0 Å². The number of aromatic nitrogens is 2. The Bertz CT molecular complexity index is 1150. The zero-order valence-corrected chi connectivity index (χ0v) is 15.7. The molecule has 0 radical (unpaired) electrons. The number of H-pyrrole nitrogens is 1. The van der Waals surface area contributed by atoms with Gasteiger partial charge in [0.1, 0.15) is 9.71 Å². The number of rotatable bonds is 4. The third-order valence-corrected chi connectivity index (χ3v) is 5.29. The van der Waals surface area contributed by atoms with Crippen molar-refractivity contribution in [1.82, 2.24) is 9.97 Å². The molecule has 0 unspecified atom stereocenters. The number of carboxylic acid groups (broad SMARTS) is 1. The lowest BCUT2D eigenvalue weighted by Gasteiger charge is -2.03. The minimum Gasteiger partial charge on any atom is -0.545 e. The summed E-state index contributed by atoms with van der Waals surface area (Å²) in [4.78, 5) is 42.6. The second kappa shape index (κ2) is 7.34. The fraction of sp³-hybridized carbons (Fsp3) is 0.111. The minimum absolute atomic E-state index is 0.0422. The number of aromatic amines is 1. The highest BCUT2D eigenvalue weighted by Crippen LogP contribution is 2.29. The largest absolute Gasteiger partial charge is 0.545 e. The molecule has 0 saturated heterocycles. The molecule has 1 N–H and O–H groups in total. The Morgan fingerprint density at radius 2 is 1.96 bits per heavy atom. The van der Waals surface area contributed by atoms with Crippen LogP contribution in [-0.2, 0) is 4.74 Å². The van der Waals surface area contributed by atoms with Crippen LogP contribution in [0.2, 0.25) is 0 Å². The van der Waals surface area contributed by atoms with Gasteiger partial charge in [-0.3, -0.25) is 4.79 Å². The molecule has 0 aliphatic heterocycles. The van der Waals surface area contributed by atoms with E-state index in [1.165, 1.54) is 25.3 Å². The molecular formula is C18H12ClN2O5S-. The summed E-state index contributed by atoms with van der Waals surface area (Å²) in [5.74, 6) is -1.68. The molecule has 9 heteroatoms. The predicted octanol–water partition coefficient (Wildman–Crippen LogP) is 2.18. The molecular weight excluding hydrogens is 392 g/mol. The van der Waals surface area contributed by atoms with Gasteiger partial charge in [0.25, 0.3) is 5.56 Å². The summed E-state index contributed by atoms with van der Waals surface area (Å²) >= 11 is 7.31. The molecule has 0 spiro atoms. The van der Waals surface area contributed by atoms with Crippen molar-refractivity contribution in [2.24, 2.45) is 0 Å². The lowest BCUT2D eigenvalue weighted by atomic mass is 10.1. The fourth-order valence-electron chi connectivity index (χ4n) is 2.47. The standard InChI is InChI=1S/C18H13ClN2O5S/c1-8-12-15(22)20-14(21-16(12)27-13(8)18(25)26-2)11(19)7-9-3-5-10(6-4-9)17(23)24/h3-7H,1-2H3,(H,23,24)(H,20,21,22)/p-1. The van der Waals surface area contributed by atoms with Crippen molar-refractivity contribution in [2.75, 3.05) is 7.11 Å². The number of nitrogens with zero attached hydrogens (tertiary/aromatic N) is 1. The molecule has 0 saturated carbocycles. The summed E-state index contributed by atoms with van der Waals surface area (Å²) < 4.78 is 4.72. The third kappa shape index (κ3) is 3.62. The molecule has 138 valence electrons. The summed E-state index contributed by atoms with van der Waals surface area (Å²) in [5, 5.41) is 11.2. The van der Waals surface area contributed by atoms with E-state index in [4.69, 9.17) is 16.3 Å². The minimum atomic E-state index is -1.28. The molecule has 3 rings (SSSR count). The highest BCUT2D eigenvalue weighted by atomic mass is 35.5. The Hall–Kier alpha value is -2.97. The van der Waals surface area contributed by atoms with Crippen LogP contribution >= 0.6 is 22.9 Å². The Morgan fingerprint density at radius 1 is 1.30 bits per heavy atom. The molecule has 2 aromatic heterocycles. The Kier molecular flexibility index (Phi) is 5.11. The number of ether oxygens (including phenoxy) is 1. The van der Waals surface area contributed by atoms with Crippen molar-refractivity contribution in [2.45, 2.75) is 6.92 Å². The van der Waals surface area contributed by atoms with Crippen LogP contribution in [0, 0.1) is 6.92 Å². The Morgan fingerprint density at radius 3 is 2.56 bits per heavy atom. The van der Waals surface area contributed by atoms with Crippen molar-refractivity contribution in [3.05, 3.63) is 62.0 Å². The number of nitrogens with one attached hydrogen (secondary N) is 1. The molecule has 27 heavy (non-hydrogen) atoms. The number of benzene rings is 1. The number of fused-ring (bicyclic) bond motifs is 1. The number of carboxylic acids is 1. The molecule has 2 heterocycles. The highest BCUT2D eigenvalue weighted by molar-refractivity contribution is 7.20. The summed E-state index contributed by atoms with van der Waals surface area (Å²) in [6.45, 7) is 1.65. The average molecular weight is 404 g/mol. The third-order valence-electron chi connectivity index (χ3n) is 3.84. The van der Waals surface area contributed by atoms with Crippen LogP contribution in [0.3, 0.4) is 0 Å². The molecule has 1 aromatic carbocycles. The van der Waals surface area contributed by atoms with Crippen LogP contribution in [0.4, 0.5) is 0 Å². The summed E-state index contributed by atoms with van der Waals surface area (Å²) in [5.41, 5.74) is 0.740. The number of methoxy groups -OCH3 is 1. The van der Waals surface area contributed by atoms with E-state index in [2.05, 4.69) is 9.97 Å². The van der Waals surface area contributed by atoms with Crippen LogP contribution in [0.25, 0.3) is 21.3 Å². The SMILES string of the molecule is COC(=O)c1sc2nc(C(Cl)=Cc3ccc(C(=O)[O-])cc3)[nH]c(=O)c2c1C. The van der Waals surface area contributed by atoms with Crippen LogP contribution in [0.5, 0.6) is 0 Å². The topological polar surface area (TPSA) is 112 Å². The molecule has 0 amide bonds. The van der Waals surface area contributed by atoms with E-state index in [1.54, 1.807) is 19.1 Å². The second-order valence-corrected chi connectivity index (χ2v) is 6.95. The van der Waals surface area contributed by atoms with Gasteiger partial charge < -0.3 is 19.6 Å². The maximum absolute atomic E-state index is 12.4. The average Bonchev–Trinajstić information content (AvgIpc) is 2.98. The molecule has 0 aliphatic rings. The van der Waals surface area contributed by atoms with Crippen LogP contribution < -0.4 is 10.7 Å². The van der Waals surface area contributed by atoms with Crippen molar-refractivity contribution < 1.29 is 19.4 Å². The molecule has 0 atom stereocenters. The smallest absolute Gasteiger partial charge is 0.348 e. The summed E-state index contributed by atoms with van der Waals surface area (Å²) in [7, 11) is 1.26. The van der Waals surface area contributed by atoms with Crippen LogP contribution in [-0.4, -0.2) is 29.0 Å². The molecule has 0 bridgehead atoms. The van der Waals surface area contributed by atoms with E-state index in [-0.39, 0.29) is 16.4 Å². The lowest BCUT2D eigenvalue weighted by Crippen LogP contribution is -2.21. The second-order valence-electron chi connectivity index (χ2n) is 5.54. The van der Waals surface area contributed by atoms with Gasteiger partial charge in [-0.2, -0.15) is 0 Å². The number of aryl methyl sites for hydroxylation is 1. The van der Waals surface area contributed by atoms with E-state index >= 15 is 0 Å². The maximum Gasteiger partial charge on any atom is 0.348 e. The molecule has 0 fully saturated rings. The number of hydrogen-bond acceptors (Lipinski definition) is 7. The first-order valence-electron chi connectivity index (χ1n) is 7.62. The van der Waals surface area contributed by atoms with Crippen molar-refractivity contribution >= 4 is 56.2 Å². The van der Waals surface area contributed by atoms with Gasteiger partial charge in [-0.1, -0.05) is 35.9 Å². The number of esters is 1. The fourth-order valence-corrected chi connectivity index (χ4v) is 3.79. The number of carbonyl (C=O) groups excluding carboxylic acids is 2. The van der Waals surface area contributed by atoms with Crippen LogP contribution in [0.1, 0.15) is 37.0 Å². The van der Waals surface area contributed by atoms with Gasteiger partial charge in [0, 0.05) is 0 Å². The summed E-state index contributed by atoms with van der Waals surface area (Å²) in [6.07, 6.45) is 1.53. The van der Waals surface area contributed by atoms with Crippen molar-refractivity contribution in [3.63, 3.8) is 0 Å². The molecule has 3 aromatic rings. The first-order chi connectivity index (χ1) is 12.8. The highest BCUT2D eigenvalue weighted by Gasteiger charge is 2.20. The Balaban J connectivity index is 2.04. The number of halogens is 1. The van der Waals surface area contributed by atoms with Crippen molar-refractivity contribution in [1.29, 1.82) is 0 Å². The zero-order valence-electron chi connectivity index (χ0n) is 14.2. The van der Waals surface area contributed by atoms with Gasteiger partial charge >= 0.3 is 5.97 Å². The summed E-state index contributed by atoms with van der Waals surface area (Å²) in [6, 6.07) is 5.87. The Labute approximate surface area is 161 Å². The number of carbonyl (C=O) groups is 2. The van der Waals surface area contributed by atoms with E-state index in [0.717, 1.165) is 11.3 Å². The van der Waals surface area contributed by atoms with Gasteiger partial charge in [-0.15, -0.1) is 11.3 Å². The van der Waals surface area contributed by atoms with Gasteiger partial charge in [-0.25, -0.2) is 9.78 Å². The predicted molar refractivity (Wildman–Crippen MR) is 101 cm³/mol. The first kappa shape index (κ1) is 18.8. The van der Waals surface area contributed by atoms with E-state index in [0.29, 0.717) is 26.2 Å². The lowest BCUT2D eigenvalue weighted by molar-refractivity contribution is -0.255. The monoisotopic (exact) mass is 403 g/mol. The number of hydrogen-bond donors (Lipinski definition) is 1. The van der Waals surface area contributed by atoms with E-state index in [1.807, 2.05) is 0 Å². The van der Waals surface area contributed by atoms with E-state index in [9.17, 15) is 19.5 Å². The van der Waals surface area contributed by atoms with E-state index < -0.39 is 17.5 Å². The molecule has 7 nitrogen and oxygen atoms in total. The van der Waals surface area contributed by atoms with Gasteiger partial charge in [0.15, 0.2) is 5.82 Å². The van der Waals surface area contributed by atoms with Gasteiger partial charge in [-0.05, 0) is 29.7 Å². The number of thiophene rings is 1. The zero-order chi connectivity index (χ0) is 19.7. The van der Waals surface area contributed by atoms with Gasteiger partial charge in [0.05, 0.1) is 23.5 Å². The molecule has 0 aliphatic carbocycles. The maximum atomic E-state index is 12.4. The first-order valence-corrected chi connectivity index (χ1v) is 8.82.